The Kier molecular flexibility index (Phi) is 5.76. The number of hydrogen-bond donors (Lipinski definition) is 1. The molecule has 0 bridgehead atoms. The summed E-state index contributed by atoms with van der Waals surface area (Å²) in [6, 6.07) is 6.51. The number of hydrogen-bond acceptors (Lipinski definition) is 4. The first-order chi connectivity index (χ1) is 15.5. The fourth-order valence-electron chi connectivity index (χ4n) is 5.08. The maximum Gasteiger partial charge on any atom is 0.227 e. The predicted molar refractivity (Wildman–Crippen MR) is 122 cm³/mol. The van der Waals surface area contributed by atoms with E-state index in [0.717, 1.165) is 61.9 Å². The van der Waals surface area contributed by atoms with E-state index >= 15 is 0 Å². The lowest BCUT2D eigenvalue weighted by Crippen LogP contribution is -2.40. The Labute approximate surface area is 189 Å². The van der Waals surface area contributed by atoms with E-state index in [-0.39, 0.29) is 17.2 Å². The Morgan fingerprint density at radius 2 is 2.03 bits per heavy atom. The lowest BCUT2D eigenvalue weighted by Gasteiger charge is -2.34. The van der Waals surface area contributed by atoms with Crippen LogP contribution in [0.2, 0.25) is 0 Å². The molecule has 0 radical (unpaired) electrons. The second-order valence-electron chi connectivity index (χ2n) is 9.59. The molecule has 2 fully saturated rings. The number of nitrogens with one attached hydrogen (secondary N) is 1. The first kappa shape index (κ1) is 21.2. The van der Waals surface area contributed by atoms with Crippen LogP contribution in [0, 0.1) is 5.92 Å². The molecule has 3 heterocycles. The summed E-state index contributed by atoms with van der Waals surface area (Å²) in [5.41, 5.74) is 4.56. The molecule has 2 aliphatic heterocycles. The van der Waals surface area contributed by atoms with Crippen LogP contribution in [0.3, 0.4) is 0 Å². The zero-order chi connectivity index (χ0) is 22.1. The Bertz CT molecular complexity index is 1000. The molecule has 1 aromatic carbocycles. The molecule has 2 amide bonds. The van der Waals surface area contributed by atoms with Crippen LogP contribution < -0.4 is 10.2 Å². The van der Waals surface area contributed by atoms with E-state index < -0.39 is 0 Å². The van der Waals surface area contributed by atoms with Crippen molar-refractivity contribution in [3.63, 3.8) is 0 Å². The molecule has 1 saturated heterocycles. The minimum absolute atomic E-state index is 0.0408. The first-order valence-electron chi connectivity index (χ1n) is 11.8. The molecule has 1 spiro atoms. The van der Waals surface area contributed by atoms with Crippen molar-refractivity contribution in [2.24, 2.45) is 5.92 Å². The van der Waals surface area contributed by atoms with Gasteiger partial charge in [-0.3, -0.25) is 14.3 Å². The highest BCUT2D eigenvalue weighted by atomic mass is 16.5. The quantitative estimate of drug-likeness (QED) is 0.676. The molecule has 7 heteroatoms. The van der Waals surface area contributed by atoms with Gasteiger partial charge in [0.2, 0.25) is 11.8 Å². The van der Waals surface area contributed by atoms with E-state index in [4.69, 9.17) is 4.74 Å². The average Bonchev–Trinajstić information content (AvgIpc) is 3.40. The molecule has 1 aromatic heterocycles. The summed E-state index contributed by atoms with van der Waals surface area (Å²) in [5, 5.41) is 7.35. The molecule has 1 aliphatic carbocycles. The van der Waals surface area contributed by atoms with Gasteiger partial charge in [0, 0.05) is 69.1 Å². The van der Waals surface area contributed by atoms with Crippen LogP contribution in [0.15, 0.2) is 30.6 Å². The van der Waals surface area contributed by atoms with Gasteiger partial charge in [-0.25, -0.2) is 0 Å². The monoisotopic (exact) mass is 436 g/mol. The summed E-state index contributed by atoms with van der Waals surface area (Å²) in [6.45, 7) is 5.22. The molecule has 170 valence electrons. The number of carbonyl (C=O) groups is 2. The molecular weight excluding hydrogens is 404 g/mol. The molecular formula is C25H32N4O3. The van der Waals surface area contributed by atoms with Gasteiger partial charge in [0.1, 0.15) is 0 Å². The molecule has 2 aromatic rings. The molecule has 7 nitrogen and oxygen atoms in total. The number of anilines is 1. The van der Waals surface area contributed by atoms with E-state index in [1.54, 1.807) is 0 Å². The van der Waals surface area contributed by atoms with Crippen molar-refractivity contribution >= 4 is 17.5 Å². The number of rotatable bonds is 7. The smallest absolute Gasteiger partial charge is 0.227 e. The van der Waals surface area contributed by atoms with Crippen LogP contribution >= 0.6 is 0 Å². The Balaban J connectivity index is 1.38. The third kappa shape index (κ3) is 4.31. The molecule has 1 N–H and O–H groups in total. The lowest BCUT2D eigenvalue weighted by atomic mass is 9.75. The SMILES string of the molecule is CC(=O)NCCCC(=O)N1CC2(CCOCC2)c2cc(-c3cnn(CC4CC4)c3)ccc21. The van der Waals surface area contributed by atoms with Gasteiger partial charge in [-0.05, 0) is 61.3 Å². The van der Waals surface area contributed by atoms with Crippen LogP contribution in [-0.2, 0) is 26.3 Å². The van der Waals surface area contributed by atoms with Crippen molar-refractivity contribution in [2.45, 2.75) is 57.4 Å². The van der Waals surface area contributed by atoms with Crippen molar-refractivity contribution < 1.29 is 14.3 Å². The largest absolute Gasteiger partial charge is 0.381 e. The van der Waals surface area contributed by atoms with Gasteiger partial charge in [-0.1, -0.05) is 6.07 Å². The van der Waals surface area contributed by atoms with Crippen LogP contribution in [0.4, 0.5) is 5.69 Å². The van der Waals surface area contributed by atoms with Crippen LogP contribution in [0.25, 0.3) is 11.1 Å². The highest BCUT2D eigenvalue weighted by Gasteiger charge is 2.45. The molecule has 32 heavy (non-hydrogen) atoms. The summed E-state index contributed by atoms with van der Waals surface area (Å²) in [7, 11) is 0. The van der Waals surface area contributed by atoms with Crippen molar-refractivity contribution in [1.29, 1.82) is 0 Å². The van der Waals surface area contributed by atoms with Crippen molar-refractivity contribution in [1.82, 2.24) is 15.1 Å². The number of benzene rings is 1. The minimum Gasteiger partial charge on any atom is -0.381 e. The van der Waals surface area contributed by atoms with Gasteiger partial charge in [-0.15, -0.1) is 0 Å². The molecule has 0 unspecified atom stereocenters. The van der Waals surface area contributed by atoms with Crippen LogP contribution in [0.5, 0.6) is 0 Å². The van der Waals surface area contributed by atoms with Crippen LogP contribution in [-0.4, -0.2) is 47.9 Å². The Hall–Kier alpha value is -2.67. The summed E-state index contributed by atoms with van der Waals surface area (Å²) in [5.74, 6) is 0.863. The lowest BCUT2D eigenvalue weighted by molar-refractivity contribution is -0.120. The number of ether oxygens (including phenoxy) is 1. The van der Waals surface area contributed by atoms with Gasteiger partial charge >= 0.3 is 0 Å². The molecule has 0 atom stereocenters. The number of amides is 2. The highest BCUT2D eigenvalue weighted by molar-refractivity contribution is 5.97. The second-order valence-corrected chi connectivity index (χ2v) is 9.59. The van der Waals surface area contributed by atoms with E-state index in [1.165, 1.54) is 25.3 Å². The summed E-state index contributed by atoms with van der Waals surface area (Å²) < 4.78 is 7.74. The molecule has 5 rings (SSSR count). The predicted octanol–water partition coefficient (Wildman–Crippen LogP) is 3.27. The molecule has 3 aliphatic rings. The van der Waals surface area contributed by atoms with Gasteiger partial charge in [0.05, 0.1) is 6.20 Å². The topological polar surface area (TPSA) is 76.5 Å². The average molecular weight is 437 g/mol. The van der Waals surface area contributed by atoms with Crippen molar-refractivity contribution in [3.05, 3.63) is 36.2 Å². The first-order valence-corrected chi connectivity index (χ1v) is 11.8. The zero-order valence-corrected chi connectivity index (χ0v) is 18.8. The van der Waals surface area contributed by atoms with Gasteiger partial charge in [0.15, 0.2) is 0 Å². The maximum atomic E-state index is 13.1. The van der Waals surface area contributed by atoms with Gasteiger partial charge < -0.3 is 15.0 Å². The van der Waals surface area contributed by atoms with Crippen molar-refractivity contribution in [2.75, 3.05) is 31.2 Å². The zero-order valence-electron chi connectivity index (χ0n) is 18.8. The van der Waals surface area contributed by atoms with E-state index in [2.05, 4.69) is 39.5 Å². The third-order valence-electron chi connectivity index (χ3n) is 7.12. The van der Waals surface area contributed by atoms with E-state index in [0.29, 0.717) is 19.4 Å². The fraction of sp³-hybridized carbons (Fsp3) is 0.560. The molecule has 1 saturated carbocycles. The van der Waals surface area contributed by atoms with Gasteiger partial charge in [0.25, 0.3) is 0 Å². The number of nitrogens with zero attached hydrogens (tertiary/aromatic N) is 3. The fourth-order valence-corrected chi connectivity index (χ4v) is 5.08. The van der Waals surface area contributed by atoms with Crippen LogP contribution in [0.1, 0.15) is 51.0 Å². The highest BCUT2D eigenvalue weighted by Crippen LogP contribution is 2.48. The number of fused-ring (bicyclic) bond motifs is 2. The normalized spacial score (nSPS) is 19.2. The minimum atomic E-state index is -0.0573. The standard InChI is InChI=1S/C25H32N4O3/c1-18(30)26-10-2-3-24(31)29-17-25(8-11-32-12-9-25)22-13-20(6-7-23(22)29)21-14-27-28(16-21)15-19-4-5-19/h6-7,13-14,16,19H,2-5,8-12,15,17H2,1H3,(H,26,30). The number of aromatic nitrogens is 2. The summed E-state index contributed by atoms with van der Waals surface area (Å²) in [4.78, 5) is 26.2. The summed E-state index contributed by atoms with van der Waals surface area (Å²) >= 11 is 0. The Morgan fingerprint density at radius 1 is 1.22 bits per heavy atom. The second kappa shape index (κ2) is 8.70. The van der Waals surface area contributed by atoms with E-state index in [1.807, 2.05) is 11.1 Å². The van der Waals surface area contributed by atoms with Gasteiger partial charge in [-0.2, -0.15) is 5.10 Å². The Morgan fingerprint density at radius 3 is 2.78 bits per heavy atom. The third-order valence-corrected chi connectivity index (χ3v) is 7.12. The van der Waals surface area contributed by atoms with E-state index in [9.17, 15) is 9.59 Å². The number of carbonyl (C=O) groups excluding carboxylic acids is 2. The van der Waals surface area contributed by atoms with Crippen molar-refractivity contribution in [3.8, 4) is 11.1 Å². The summed E-state index contributed by atoms with van der Waals surface area (Å²) in [6.07, 6.45) is 9.68. The maximum absolute atomic E-state index is 13.1.